The summed E-state index contributed by atoms with van der Waals surface area (Å²) in [4.78, 5) is 22.3. The highest BCUT2D eigenvalue weighted by Crippen LogP contribution is 2.47. The van der Waals surface area contributed by atoms with Gasteiger partial charge in [0.2, 0.25) is 5.91 Å². The summed E-state index contributed by atoms with van der Waals surface area (Å²) in [6.45, 7) is 6.46. The van der Waals surface area contributed by atoms with E-state index in [1.165, 1.54) is 17.7 Å². The van der Waals surface area contributed by atoms with Crippen molar-refractivity contribution in [1.82, 2.24) is 5.43 Å². The Bertz CT molecular complexity index is 930. The number of rotatable bonds is 5. The van der Waals surface area contributed by atoms with Crippen LogP contribution in [0.2, 0.25) is 0 Å². The van der Waals surface area contributed by atoms with Crippen LogP contribution in [0.25, 0.3) is 0 Å². The lowest BCUT2D eigenvalue weighted by Crippen LogP contribution is -2.20. The number of nitro groups is 1. The third kappa shape index (κ3) is 4.19. The Morgan fingerprint density at radius 3 is 2.50 bits per heavy atom. The topological polar surface area (TPSA) is 108 Å². The Labute approximate surface area is 163 Å². The van der Waals surface area contributed by atoms with Crippen molar-refractivity contribution in [2.75, 3.05) is 0 Å². The quantitative estimate of drug-likeness (QED) is 0.488. The molecule has 1 fully saturated rings. The molecule has 2 aromatic carbocycles. The molecule has 1 saturated carbocycles. The predicted octanol–water partition coefficient (Wildman–Crippen LogP) is 3.22. The van der Waals surface area contributed by atoms with Gasteiger partial charge in [-0.2, -0.15) is 5.10 Å². The van der Waals surface area contributed by atoms with Crippen molar-refractivity contribution in [3.8, 4) is 5.75 Å². The summed E-state index contributed by atoms with van der Waals surface area (Å²) in [5.41, 5.74) is 4.41. The molecule has 0 spiro atoms. The summed E-state index contributed by atoms with van der Waals surface area (Å²) in [7, 11) is 0. The molecule has 0 bridgehead atoms. The van der Waals surface area contributed by atoms with Crippen LogP contribution in [-0.2, 0) is 10.2 Å². The minimum Gasteiger partial charge on any atom is -0.867 e. The van der Waals surface area contributed by atoms with Crippen molar-refractivity contribution in [2.45, 2.75) is 38.5 Å². The molecule has 0 unspecified atom stereocenters. The molecule has 1 N–H and O–H groups in total. The molecule has 0 aliphatic heterocycles. The lowest BCUT2D eigenvalue weighted by molar-refractivity contribution is -0.398. The van der Waals surface area contributed by atoms with Gasteiger partial charge < -0.3 is 5.11 Å². The first-order valence-electron chi connectivity index (χ1n) is 9.06. The van der Waals surface area contributed by atoms with Gasteiger partial charge in [-0.05, 0) is 40.2 Å². The van der Waals surface area contributed by atoms with Gasteiger partial charge in [-0.25, -0.2) is 5.43 Å². The molecule has 2 aromatic rings. The molecule has 0 heterocycles. The number of carbonyl (C=O) groups excluding carboxylic acids is 1. The van der Waals surface area contributed by atoms with Gasteiger partial charge in [0, 0.05) is 12.0 Å². The fourth-order valence-electron chi connectivity index (χ4n) is 3.12. The standard InChI is InChI=1S/C21H23N3O4/c1-21(2,3)15-9-7-13(8-10-15)16-11-17(16)20(26)23-22-12-14-5-4-6-18(19(14)25)24(27)28/h4-10,12,16-17,25H,11H2,1-3H3,(H,23,26)/p-1/b22-12-/t16-,17+/m1/s1. The third-order valence-corrected chi connectivity index (χ3v) is 4.93. The summed E-state index contributed by atoms with van der Waals surface area (Å²) in [6.07, 6.45) is 1.89. The highest BCUT2D eigenvalue weighted by Gasteiger charge is 2.44. The number of hydrogen-bond donors (Lipinski definition) is 1. The number of nitro benzene ring substituents is 1. The molecule has 2 atom stereocenters. The maximum absolute atomic E-state index is 12.3. The zero-order valence-electron chi connectivity index (χ0n) is 16.0. The van der Waals surface area contributed by atoms with Gasteiger partial charge in [-0.3, -0.25) is 14.9 Å². The minimum atomic E-state index is -0.738. The van der Waals surface area contributed by atoms with Crippen LogP contribution < -0.4 is 10.5 Å². The summed E-state index contributed by atoms with van der Waals surface area (Å²) < 4.78 is 0. The van der Waals surface area contributed by atoms with Crippen LogP contribution in [-0.4, -0.2) is 17.0 Å². The zero-order valence-corrected chi connectivity index (χ0v) is 16.0. The molecular weight excluding hydrogens is 358 g/mol. The largest absolute Gasteiger partial charge is 0.867 e. The minimum absolute atomic E-state index is 0.0552. The van der Waals surface area contributed by atoms with Crippen molar-refractivity contribution in [3.63, 3.8) is 0 Å². The van der Waals surface area contributed by atoms with Gasteiger partial charge >= 0.3 is 0 Å². The van der Waals surface area contributed by atoms with E-state index < -0.39 is 16.4 Å². The Hall–Kier alpha value is -3.22. The number of amides is 1. The molecule has 3 rings (SSSR count). The van der Waals surface area contributed by atoms with E-state index in [1.54, 1.807) is 0 Å². The maximum atomic E-state index is 12.3. The number of benzene rings is 2. The van der Waals surface area contributed by atoms with Crippen LogP contribution in [0.5, 0.6) is 5.75 Å². The number of hydrogen-bond acceptors (Lipinski definition) is 5. The summed E-state index contributed by atoms with van der Waals surface area (Å²) in [5.74, 6) is -0.945. The van der Waals surface area contributed by atoms with Gasteiger partial charge in [0.25, 0.3) is 5.69 Å². The summed E-state index contributed by atoms with van der Waals surface area (Å²) >= 11 is 0. The summed E-state index contributed by atoms with van der Waals surface area (Å²) in [6, 6.07) is 12.3. The monoisotopic (exact) mass is 380 g/mol. The number of hydrazone groups is 1. The normalized spacial score (nSPS) is 18.8. The van der Waals surface area contributed by atoms with E-state index in [0.717, 1.165) is 24.3 Å². The highest BCUT2D eigenvalue weighted by molar-refractivity contribution is 5.88. The first-order chi connectivity index (χ1) is 13.2. The number of nitrogens with zero attached hydrogens (tertiary/aromatic N) is 2. The van der Waals surface area contributed by atoms with Crippen LogP contribution in [0.4, 0.5) is 5.69 Å². The molecular formula is C21H22N3O4-. The number of carbonyl (C=O) groups is 1. The average Bonchev–Trinajstić information content (AvgIpc) is 3.43. The predicted molar refractivity (Wildman–Crippen MR) is 104 cm³/mol. The van der Waals surface area contributed by atoms with E-state index in [2.05, 4.69) is 55.6 Å². The smallest absolute Gasteiger partial charge is 0.262 e. The Balaban J connectivity index is 1.59. The molecule has 0 radical (unpaired) electrons. The van der Waals surface area contributed by atoms with Crippen molar-refractivity contribution >= 4 is 17.8 Å². The maximum Gasteiger partial charge on any atom is 0.262 e. The van der Waals surface area contributed by atoms with Crippen LogP contribution in [0.3, 0.4) is 0 Å². The number of nitrogens with one attached hydrogen (secondary N) is 1. The second-order valence-electron chi connectivity index (χ2n) is 8.01. The van der Waals surface area contributed by atoms with E-state index in [-0.39, 0.29) is 28.7 Å². The lowest BCUT2D eigenvalue weighted by Gasteiger charge is -2.19. The van der Waals surface area contributed by atoms with Crippen LogP contribution in [0.15, 0.2) is 47.6 Å². The molecule has 146 valence electrons. The van der Waals surface area contributed by atoms with E-state index in [1.807, 2.05) is 0 Å². The first kappa shape index (κ1) is 19.5. The molecule has 1 amide bonds. The van der Waals surface area contributed by atoms with E-state index in [4.69, 9.17) is 0 Å². The van der Waals surface area contributed by atoms with Gasteiger partial charge in [-0.15, -0.1) is 0 Å². The fourth-order valence-corrected chi connectivity index (χ4v) is 3.12. The third-order valence-electron chi connectivity index (χ3n) is 4.93. The van der Waals surface area contributed by atoms with E-state index in [0.29, 0.717) is 0 Å². The molecule has 0 saturated heterocycles. The van der Waals surface area contributed by atoms with Crippen LogP contribution in [0.1, 0.15) is 49.8 Å². The van der Waals surface area contributed by atoms with Crippen molar-refractivity contribution in [3.05, 3.63) is 69.3 Å². The zero-order chi connectivity index (χ0) is 20.5. The fraction of sp³-hybridized carbons (Fsp3) is 0.333. The van der Waals surface area contributed by atoms with Gasteiger partial charge in [0.05, 0.1) is 11.1 Å². The first-order valence-corrected chi connectivity index (χ1v) is 9.06. The van der Waals surface area contributed by atoms with Crippen molar-refractivity contribution in [1.29, 1.82) is 0 Å². The Morgan fingerprint density at radius 1 is 1.21 bits per heavy atom. The van der Waals surface area contributed by atoms with Gasteiger partial charge in [0.15, 0.2) is 0 Å². The molecule has 7 nitrogen and oxygen atoms in total. The molecule has 28 heavy (non-hydrogen) atoms. The Morgan fingerprint density at radius 2 is 1.89 bits per heavy atom. The number of para-hydroxylation sites is 1. The molecule has 1 aliphatic rings. The highest BCUT2D eigenvalue weighted by atomic mass is 16.6. The van der Waals surface area contributed by atoms with Crippen LogP contribution >= 0.6 is 0 Å². The SMILES string of the molecule is CC(C)(C)c1ccc([C@H]2C[C@@H]2C(=O)N/N=C\c2cccc([N+](=O)[O-])c2[O-])cc1. The lowest BCUT2D eigenvalue weighted by atomic mass is 9.86. The van der Waals surface area contributed by atoms with Gasteiger partial charge in [0.1, 0.15) is 0 Å². The van der Waals surface area contributed by atoms with E-state index >= 15 is 0 Å². The van der Waals surface area contributed by atoms with Crippen LogP contribution in [0, 0.1) is 16.0 Å². The average molecular weight is 380 g/mol. The summed E-state index contributed by atoms with van der Waals surface area (Å²) in [5, 5.41) is 26.5. The van der Waals surface area contributed by atoms with Gasteiger partial charge in [-0.1, -0.05) is 57.2 Å². The molecule has 7 heteroatoms. The van der Waals surface area contributed by atoms with E-state index in [9.17, 15) is 20.0 Å². The molecule has 0 aromatic heterocycles. The van der Waals surface area contributed by atoms with Crippen molar-refractivity contribution < 1.29 is 14.8 Å². The Kier molecular flexibility index (Phi) is 5.18. The second-order valence-corrected chi connectivity index (χ2v) is 8.01. The van der Waals surface area contributed by atoms with Crippen molar-refractivity contribution in [2.24, 2.45) is 11.0 Å². The molecule has 1 aliphatic carbocycles. The second kappa shape index (κ2) is 7.42.